The molecule has 1 aliphatic rings. The van der Waals surface area contributed by atoms with Crippen LogP contribution in [-0.4, -0.2) is 74.9 Å². The lowest BCUT2D eigenvalue weighted by atomic mass is 10.1. The summed E-state index contributed by atoms with van der Waals surface area (Å²) in [4.78, 5) is 35.2. The topological polar surface area (TPSA) is 151 Å². The van der Waals surface area contributed by atoms with Crippen molar-refractivity contribution in [2.45, 2.75) is 32.7 Å². The Labute approximate surface area is 283 Å². The molecule has 4 rings (SSSR count). The molecule has 45 heavy (non-hydrogen) atoms. The third kappa shape index (κ3) is 9.93. The molecule has 11 nitrogen and oxygen atoms in total. The standard InChI is InChI=1S/C29H33Cl3N6O5S2/c1-2-3-21(33)6-7-37(17-45(41)42)15-18-16-44-27(25(18)32)29(40)36-26-22(28(39)35-24-5-4-19(30)14-34-24)12-20(31)13-23(26)38-8-10-43-11-9-38/h4-5,12-14,16,33H,2-3,6-11,15,17H2,1H3,(H,36,40)(H,41,42)(H,34,35,39)/p-1. The maximum Gasteiger partial charge on any atom is 0.267 e. The Balaban J connectivity index is 1.61. The largest absolute Gasteiger partial charge is 0.771 e. The van der Waals surface area contributed by atoms with Crippen molar-refractivity contribution >= 4 is 91.9 Å². The zero-order chi connectivity index (χ0) is 32.5. The van der Waals surface area contributed by atoms with Crippen LogP contribution in [0, 0.1) is 5.41 Å². The van der Waals surface area contributed by atoms with Crippen LogP contribution in [0.15, 0.2) is 35.8 Å². The van der Waals surface area contributed by atoms with Gasteiger partial charge >= 0.3 is 0 Å². The summed E-state index contributed by atoms with van der Waals surface area (Å²) in [5.41, 5.74) is 2.01. The van der Waals surface area contributed by atoms with Crippen molar-refractivity contribution in [1.82, 2.24) is 9.88 Å². The fourth-order valence-electron chi connectivity index (χ4n) is 4.70. The molecule has 16 heteroatoms. The number of nitrogens with zero attached hydrogens (tertiary/aromatic N) is 3. The van der Waals surface area contributed by atoms with E-state index in [1.807, 2.05) is 11.8 Å². The average Bonchev–Trinajstić information content (AvgIpc) is 3.37. The van der Waals surface area contributed by atoms with E-state index >= 15 is 0 Å². The fourth-order valence-corrected chi connectivity index (χ4v) is 6.78. The minimum Gasteiger partial charge on any atom is -0.771 e. The number of morpholine rings is 1. The van der Waals surface area contributed by atoms with E-state index in [2.05, 4.69) is 15.6 Å². The second-order valence-electron chi connectivity index (χ2n) is 10.2. The van der Waals surface area contributed by atoms with E-state index in [1.165, 1.54) is 12.3 Å². The minimum atomic E-state index is -2.34. The number of benzene rings is 1. The van der Waals surface area contributed by atoms with Gasteiger partial charge in [-0.25, -0.2) is 4.98 Å². The highest BCUT2D eigenvalue weighted by molar-refractivity contribution is 7.79. The van der Waals surface area contributed by atoms with Crippen LogP contribution in [0.3, 0.4) is 0 Å². The summed E-state index contributed by atoms with van der Waals surface area (Å²) < 4.78 is 28.5. The molecule has 2 aromatic heterocycles. The van der Waals surface area contributed by atoms with Crippen LogP contribution < -0.4 is 15.5 Å². The number of hydrogen-bond acceptors (Lipinski definition) is 10. The van der Waals surface area contributed by atoms with Gasteiger partial charge in [0.05, 0.1) is 46.1 Å². The molecule has 1 saturated heterocycles. The van der Waals surface area contributed by atoms with Crippen LogP contribution >= 0.6 is 46.1 Å². The van der Waals surface area contributed by atoms with Crippen molar-refractivity contribution < 1.29 is 23.1 Å². The number of ether oxygens (including phenoxy) is 1. The van der Waals surface area contributed by atoms with Gasteiger partial charge < -0.3 is 30.2 Å². The van der Waals surface area contributed by atoms with Gasteiger partial charge in [-0.15, -0.1) is 11.3 Å². The molecule has 0 saturated carbocycles. The molecule has 1 aliphatic heterocycles. The van der Waals surface area contributed by atoms with Crippen LogP contribution in [0.25, 0.3) is 0 Å². The van der Waals surface area contributed by atoms with Crippen molar-refractivity contribution in [1.29, 1.82) is 5.41 Å². The van der Waals surface area contributed by atoms with Gasteiger partial charge in [-0.1, -0.05) is 48.1 Å². The van der Waals surface area contributed by atoms with Gasteiger partial charge in [0.15, 0.2) is 0 Å². The average molecular weight is 715 g/mol. The SMILES string of the molecule is CCCC(=N)CCN(Cc1csc(C(=O)Nc2c(C(=O)Nc3ccc(Cl)cn3)cc(Cl)cc2N2CCOCC2)c1Cl)CS(=O)[O-]. The number of aromatic nitrogens is 1. The summed E-state index contributed by atoms with van der Waals surface area (Å²) in [6.07, 6.45) is 3.31. The number of nitrogens with one attached hydrogen (secondary N) is 3. The first-order valence-electron chi connectivity index (χ1n) is 14.1. The zero-order valence-corrected chi connectivity index (χ0v) is 28.3. The second-order valence-corrected chi connectivity index (χ2v) is 13.2. The van der Waals surface area contributed by atoms with E-state index in [9.17, 15) is 18.4 Å². The molecule has 0 spiro atoms. The third-order valence-electron chi connectivity index (χ3n) is 6.86. The quantitative estimate of drug-likeness (QED) is 0.130. The van der Waals surface area contributed by atoms with Gasteiger partial charge in [0, 0.05) is 43.1 Å². The van der Waals surface area contributed by atoms with Crippen molar-refractivity contribution in [3.05, 3.63) is 66.9 Å². The summed E-state index contributed by atoms with van der Waals surface area (Å²) in [5.74, 6) is -1.07. The lowest BCUT2D eigenvalue weighted by Crippen LogP contribution is -2.37. The number of carbonyl (C=O) groups is 2. The molecule has 0 radical (unpaired) electrons. The van der Waals surface area contributed by atoms with Gasteiger partial charge in [0.2, 0.25) is 0 Å². The number of carbonyl (C=O) groups excluding carboxylic acids is 2. The maximum atomic E-state index is 13.7. The number of anilines is 3. The first-order chi connectivity index (χ1) is 21.5. The van der Waals surface area contributed by atoms with Crippen molar-refractivity contribution in [3.8, 4) is 0 Å². The number of rotatable bonds is 14. The Morgan fingerprint density at radius 1 is 1.13 bits per heavy atom. The molecule has 1 fully saturated rings. The Hall–Kier alpha value is -2.62. The lowest BCUT2D eigenvalue weighted by Gasteiger charge is -2.31. The molecular weight excluding hydrogens is 683 g/mol. The van der Waals surface area contributed by atoms with E-state index < -0.39 is 22.9 Å². The molecule has 1 atom stereocenters. The molecule has 3 heterocycles. The fraction of sp³-hybridized carbons (Fsp3) is 0.379. The molecule has 1 aromatic carbocycles. The van der Waals surface area contributed by atoms with Crippen molar-refractivity contribution in [3.63, 3.8) is 0 Å². The van der Waals surface area contributed by atoms with E-state index in [-0.39, 0.29) is 39.4 Å². The smallest absolute Gasteiger partial charge is 0.267 e. The minimum absolute atomic E-state index is 0.112. The highest BCUT2D eigenvalue weighted by atomic mass is 35.5. The van der Waals surface area contributed by atoms with Gasteiger partial charge in [-0.05, 0) is 59.1 Å². The Kier molecular flexibility index (Phi) is 13.2. The number of halogens is 3. The molecular formula is C29H32Cl3N6O5S2-. The first kappa shape index (κ1) is 35.2. The number of thiophene rings is 1. The Bertz CT molecular complexity index is 1550. The van der Waals surface area contributed by atoms with Crippen molar-refractivity contribution in [2.75, 3.05) is 54.3 Å². The summed E-state index contributed by atoms with van der Waals surface area (Å²) >= 11 is 17.9. The second kappa shape index (κ2) is 16.8. The van der Waals surface area contributed by atoms with E-state index in [0.29, 0.717) is 72.7 Å². The van der Waals surface area contributed by atoms with E-state index in [1.54, 1.807) is 28.5 Å². The monoisotopic (exact) mass is 713 g/mol. The predicted octanol–water partition coefficient (Wildman–Crippen LogP) is 6.29. The Morgan fingerprint density at radius 2 is 1.89 bits per heavy atom. The zero-order valence-electron chi connectivity index (χ0n) is 24.4. The molecule has 2 amide bonds. The molecule has 1 unspecified atom stereocenters. The summed E-state index contributed by atoms with van der Waals surface area (Å²) in [5, 5.41) is 16.3. The lowest BCUT2D eigenvalue weighted by molar-refractivity contribution is 0.102. The normalized spacial score (nSPS) is 14.0. The predicted molar refractivity (Wildman–Crippen MR) is 180 cm³/mol. The highest BCUT2D eigenvalue weighted by Gasteiger charge is 2.26. The van der Waals surface area contributed by atoms with Crippen LogP contribution in [0.2, 0.25) is 15.1 Å². The van der Waals surface area contributed by atoms with E-state index in [4.69, 9.17) is 44.9 Å². The van der Waals surface area contributed by atoms with Crippen LogP contribution in [0.4, 0.5) is 17.2 Å². The number of hydrogen-bond donors (Lipinski definition) is 3. The third-order valence-corrected chi connectivity index (χ3v) is 9.45. The Morgan fingerprint density at radius 3 is 2.56 bits per heavy atom. The maximum absolute atomic E-state index is 13.7. The first-order valence-corrected chi connectivity index (χ1v) is 17.3. The number of pyridine rings is 1. The van der Waals surface area contributed by atoms with Crippen LogP contribution in [0.5, 0.6) is 0 Å². The number of amides is 2. The van der Waals surface area contributed by atoms with Gasteiger partial charge in [-0.3, -0.25) is 18.7 Å². The summed E-state index contributed by atoms with van der Waals surface area (Å²) in [7, 11) is 0. The van der Waals surface area contributed by atoms with Crippen LogP contribution in [-0.2, 0) is 22.4 Å². The highest BCUT2D eigenvalue weighted by Crippen LogP contribution is 2.37. The summed E-state index contributed by atoms with van der Waals surface area (Å²) in [6, 6.07) is 6.28. The van der Waals surface area contributed by atoms with Gasteiger partial charge in [0.1, 0.15) is 10.7 Å². The molecule has 3 aromatic rings. The van der Waals surface area contributed by atoms with Crippen LogP contribution in [0.1, 0.15) is 51.8 Å². The molecule has 242 valence electrons. The van der Waals surface area contributed by atoms with Crippen molar-refractivity contribution in [2.24, 2.45) is 0 Å². The molecule has 0 aliphatic carbocycles. The van der Waals surface area contributed by atoms with Gasteiger partial charge in [-0.2, -0.15) is 0 Å². The molecule has 3 N–H and O–H groups in total. The molecule has 0 bridgehead atoms. The summed E-state index contributed by atoms with van der Waals surface area (Å²) in [6.45, 7) is 4.46. The van der Waals surface area contributed by atoms with Gasteiger partial charge in [0.25, 0.3) is 11.8 Å². The van der Waals surface area contributed by atoms with E-state index in [0.717, 1.165) is 17.8 Å².